The molecule has 2 N–H and O–H groups in total. The fourth-order valence-electron chi connectivity index (χ4n) is 1.42. The third kappa shape index (κ3) is 3.56. The van der Waals surface area contributed by atoms with Crippen molar-refractivity contribution in [3.63, 3.8) is 0 Å². The number of nitrogens with one attached hydrogen (secondary N) is 1. The fourth-order valence-corrected chi connectivity index (χ4v) is 2.68. The van der Waals surface area contributed by atoms with Crippen molar-refractivity contribution in [2.75, 3.05) is 5.75 Å². The SMILES string of the molecule is CCCCC[C@@H]1N[C@H](C(=O)O)CS1. The molecule has 0 aromatic heterocycles. The molecule has 0 saturated carbocycles. The largest absolute Gasteiger partial charge is 0.480 e. The lowest BCUT2D eigenvalue weighted by molar-refractivity contribution is -0.138. The summed E-state index contributed by atoms with van der Waals surface area (Å²) >= 11 is 1.74. The molecule has 0 bridgehead atoms. The summed E-state index contributed by atoms with van der Waals surface area (Å²) in [5.74, 6) is -0.00273. The number of thioether (sulfide) groups is 1. The van der Waals surface area contributed by atoms with Crippen LogP contribution in [0, 0.1) is 0 Å². The van der Waals surface area contributed by atoms with Gasteiger partial charge in [0.25, 0.3) is 0 Å². The van der Waals surface area contributed by atoms with E-state index in [9.17, 15) is 4.79 Å². The van der Waals surface area contributed by atoms with E-state index in [4.69, 9.17) is 5.11 Å². The van der Waals surface area contributed by atoms with Crippen LogP contribution < -0.4 is 5.32 Å². The Morgan fingerprint density at radius 3 is 2.92 bits per heavy atom. The topological polar surface area (TPSA) is 49.3 Å². The first-order valence-electron chi connectivity index (χ1n) is 4.84. The quantitative estimate of drug-likeness (QED) is 0.667. The van der Waals surface area contributed by atoms with E-state index in [-0.39, 0.29) is 6.04 Å². The number of carboxylic acids is 1. The monoisotopic (exact) mass is 203 g/mol. The minimum Gasteiger partial charge on any atom is -0.480 e. The van der Waals surface area contributed by atoms with Crippen molar-refractivity contribution in [3.05, 3.63) is 0 Å². The first kappa shape index (κ1) is 10.9. The lowest BCUT2D eigenvalue weighted by Gasteiger charge is -2.09. The van der Waals surface area contributed by atoms with Crippen LogP contribution in [0.2, 0.25) is 0 Å². The Bertz CT molecular complexity index is 175. The summed E-state index contributed by atoms with van der Waals surface area (Å²) in [5, 5.41) is 12.2. The van der Waals surface area contributed by atoms with Gasteiger partial charge in [0.2, 0.25) is 0 Å². The molecule has 0 aliphatic carbocycles. The van der Waals surface area contributed by atoms with Gasteiger partial charge in [0.15, 0.2) is 0 Å². The first-order chi connectivity index (χ1) is 6.24. The number of unbranched alkanes of at least 4 members (excludes halogenated alkanes) is 2. The molecule has 13 heavy (non-hydrogen) atoms. The molecular weight excluding hydrogens is 186 g/mol. The molecule has 0 unspecified atom stereocenters. The summed E-state index contributed by atoms with van der Waals surface area (Å²) in [4.78, 5) is 10.6. The van der Waals surface area contributed by atoms with Gasteiger partial charge in [0, 0.05) is 5.75 Å². The molecule has 0 radical (unpaired) electrons. The van der Waals surface area contributed by atoms with Crippen molar-refractivity contribution < 1.29 is 9.90 Å². The number of carboxylic acid groups (broad SMARTS) is 1. The Hall–Kier alpha value is -0.220. The predicted octanol–water partition coefficient (Wildman–Crippen LogP) is 1.68. The molecule has 0 spiro atoms. The second kappa shape index (κ2) is 5.50. The molecule has 76 valence electrons. The predicted molar refractivity (Wildman–Crippen MR) is 54.9 cm³/mol. The molecule has 0 aromatic carbocycles. The van der Waals surface area contributed by atoms with Gasteiger partial charge in [-0.2, -0.15) is 0 Å². The van der Waals surface area contributed by atoms with Crippen molar-refractivity contribution in [2.24, 2.45) is 0 Å². The van der Waals surface area contributed by atoms with Crippen LogP contribution in [0.25, 0.3) is 0 Å². The Morgan fingerprint density at radius 2 is 2.38 bits per heavy atom. The van der Waals surface area contributed by atoms with Crippen molar-refractivity contribution in [2.45, 2.75) is 44.0 Å². The van der Waals surface area contributed by atoms with E-state index >= 15 is 0 Å². The van der Waals surface area contributed by atoms with Gasteiger partial charge in [-0.1, -0.05) is 26.2 Å². The van der Waals surface area contributed by atoms with E-state index in [1.807, 2.05) is 0 Å². The molecule has 1 aliphatic rings. The number of hydrogen-bond donors (Lipinski definition) is 2. The Labute approximate surface area is 83.3 Å². The zero-order chi connectivity index (χ0) is 9.68. The molecule has 0 aromatic rings. The maximum atomic E-state index is 10.6. The third-order valence-corrected chi connectivity index (χ3v) is 3.52. The van der Waals surface area contributed by atoms with E-state index in [1.54, 1.807) is 11.8 Å². The van der Waals surface area contributed by atoms with E-state index in [0.717, 1.165) is 6.42 Å². The molecule has 1 aliphatic heterocycles. The van der Waals surface area contributed by atoms with Gasteiger partial charge in [0.05, 0.1) is 5.37 Å². The summed E-state index contributed by atoms with van der Waals surface area (Å²) in [5.41, 5.74) is 0. The Balaban J connectivity index is 2.14. The summed E-state index contributed by atoms with van der Waals surface area (Å²) in [6.07, 6.45) is 4.77. The van der Waals surface area contributed by atoms with Gasteiger partial charge in [-0.25, -0.2) is 0 Å². The third-order valence-electron chi connectivity index (χ3n) is 2.22. The zero-order valence-electron chi connectivity index (χ0n) is 7.95. The Morgan fingerprint density at radius 1 is 1.62 bits per heavy atom. The minimum absolute atomic E-state index is 0.323. The molecular formula is C9H17NO2S. The molecule has 1 fully saturated rings. The first-order valence-corrected chi connectivity index (χ1v) is 5.89. The highest BCUT2D eigenvalue weighted by Crippen LogP contribution is 2.23. The summed E-state index contributed by atoms with van der Waals surface area (Å²) < 4.78 is 0. The zero-order valence-corrected chi connectivity index (χ0v) is 8.77. The molecule has 1 saturated heterocycles. The lowest BCUT2D eigenvalue weighted by atomic mass is 10.2. The summed E-state index contributed by atoms with van der Waals surface area (Å²) in [6.45, 7) is 2.18. The normalized spacial score (nSPS) is 27.8. The van der Waals surface area contributed by atoms with Crippen LogP contribution >= 0.6 is 11.8 Å². The van der Waals surface area contributed by atoms with Gasteiger partial charge in [0.1, 0.15) is 6.04 Å². The van der Waals surface area contributed by atoms with E-state index in [1.165, 1.54) is 19.3 Å². The molecule has 0 amide bonds. The van der Waals surface area contributed by atoms with Crippen molar-refractivity contribution in [3.8, 4) is 0 Å². The number of aliphatic carboxylic acids is 1. The summed E-state index contributed by atoms with van der Waals surface area (Å²) in [7, 11) is 0. The van der Waals surface area contributed by atoms with Gasteiger partial charge < -0.3 is 5.11 Å². The van der Waals surface area contributed by atoms with Crippen molar-refractivity contribution >= 4 is 17.7 Å². The van der Waals surface area contributed by atoms with Crippen molar-refractivity contribution in [1.82, 2.24) is 5.32 Å². The van der Waals surface area contributed by atoms with Crippen LogP contribution in [-0.2, 0) is 4.79 Å². The highest BCUT2D eigenvalue weighted by Gasteiger charge is 2.28. The fraction of sp³-hybridized carbons (Fsp3) is 0.889. The van der Waals surface area contributed by atoms with Crippen LogP contribution in [0.5, 0.6) is 0 Å². The molecule has 1 heterocycles. The maximum absolute atomic E-state index is 10.6. The van der Waals surface area contributed by atoms with Crippen LogP contribution in [0.15, 0.2) is 0 Å². The molecule has 2 atom stereocenters. The molecule has 4 heteroatoms. The van der Waals surface area contributed by atoms with Crippen LogP contribution in [0.1, 0.15) is 32.6 Å². The van der Waals surface area contributed by atoms with E-state index in [2.05, 4.69) is 12.2 Å². The van der Waals surface area contributed by atoms with E-state index < -0.39 is 5.97 Å². The summed E-state index contributed by atoms with van der Waals surface area (Å²) in [6, 6.07) is -0.323. The average molecular weight is 203 g/mol. The lowest BCUT2D eigenvalue weighted by Crippen LogP contribution is -2.36. The van der Waals surface area contributed by atoms with Crippen LogP contribution in [-0.4, -0.2) is 28.2 Å². The standard InChI is InChI=1S/C9H17NO2S/c1-2-3-4-5-8-10-7(6-13-8)9(11)12/h7-8,10H,2-6H2,1H3,(H,11,12)/t7-,8+/m0/s1. The minimum atomic E-state index is -0.717. The van der Waals surface area contributed by atoms with Crippen LogP contribution in [0.4, 0.5) is 0 Å². The van der Waals surface area contributed by atoms with Gasteiger partial charge in [-0.15, -0.1) is 11.8 Å². The average Bonchev–Trinajstić information content (AvgIpc) is 2.53. The van der Waals surface area contributed by atoms with Crippen LogP contribution in [0.3, 0.4) is 0 Å². The Kier molecular flexibility index (Phi) is 4.59. The number of carbonyl (C=O) groups is 1. The number of rotatable bonds is 5. The van der Waals surface area contributed by atoms with Gasteiger partial charge in [-0.05, 0) is 6.42 Å². The smallest absolute Gasteiger partial charge is 0.321 e. The molecule has 3 nitrogen and oxygen atoms in total. The molecule has 1 rings (SSSR count). The van der Waals surface area contributed by atoms with Gasteiger partial charge >= 0.3 is 5.97 Å². The van der Waals surface area contributed by atoms with E-state index in [0.29, 0.717) is 11.1 Å². The second-order valence-corrected chi connectivity index (χ2v) is 4.61. The van der Waals surface area contributed by atoms with Crippen molar-refractivity contribution in [1.29, 1.82) is 0 Å². The van der Waals surface area contributed by atoms with Gasteiger partial charge in [-0.3, -0.25) is 10.1 Å². The highest BCUT2D eigenvalue weighted by molar-refractivity contribution is 8.00. The number of hydrogen-bond acceptors (Lipinski definition) is 3. The second-order valence-electron chi connectivity index (χ2n) is 3.38. The maximum Gasteiger partial charge on any atom is 0.321 e. The highest BCUT2D eigenvalue weighted by atomic mass is 32.2.